The van der Waals surface area contributed by atoms with E-state index < -0.39 is 0 Å². The minimum Gasteiger partial charge on any atom is -0.397 e. The van der Waals surface area contributed by atoms with E-state index in [1.165, 1.54) is 6.20 Å². The van der Waals surface area contributed by atoms with Gasteiger partial charge in [0.05, 0.1) is 11.9 Å². The van der Waals surface area contributed by atoms with E-state index in [0.717, 1.165) is 25.9 Å². The van der Waals surface area contributed by atoms with Crippen molar-refractivity contribution in [3.05, 3.63) is 24.0 Å². The minimum atomic E-state index is 0.121. The number of rotatable bonds is 2. The van der Waals surface area contributed by atoms with Gasteiger partial charge in [-0.3, -0.25) is 9.78 Å². The Kier molecular flexibility index (Phi) is 2.97. The second-order valence-corrected chi connectivity index (χ2v) is 3.85. The van der Waals surface area contributed by atoms with Crippen LogP contribution in [0.4, 0.5) is 5.69 Å². The standard InChI is InChI=1S/C11H15N3O/c12-10-7-14-6-3-9(10)11(15)8-1-4-13-5-2-8/h3,6-8,13H,1-2,4-5,12H2. The van der Waals surface area contributed by atoms with Crippen LogP contribution < -0.4 is 11.1 Å². The Morgan fingerprint density at radius 1 is 1.47 bits per heavy atom. The fraction of sp³-hybridized carbons (Fsp3) is 0.455. The Hall–Kier alpha value is -1.42. The quantitative estimate of drug-likeness (QED) is 0.702. The molecule has 0 saturated carbocycles. The molecule has 0 unspecified atom stereocenters. The molecular weight excluding hydrogens is 190 g/mol. The van der Waals surface area contributed by atoms with Gasteiger partial charge >= 0.3 is 0 Å². The summed E-state index contributed by atoms with van der Waals surface area (Å²) in [5.74, 6) is 0.285. The van der Waals surface area contributed by atoms with Crippen LogP contribution in [0.2, 0.25) is 0 Å². The lowest BCUT2D eigenvalue weighted by atomic mass is 9.89. The van der Waals surface area contributed by atoms with E-state index in [0.29, 0.717) is 11.3 Å². The van der Waals surface area contributed by atoms with E-state index in [1.54, 1.807) is 12.3 Å². The van der Waals surface area contributed by atoms with Crippen molar-refractivity contribution in [3.63, 3.8) is 0 Å². The zero-order chi connectivity index (χ0) is 10.7. The Morgan fingerprint density at radius 3 is 2.87 bits per heavy atom. The minimum absolute atomic E-state index is 0.121. The van der Waals surface area contributed by atoms with E-state index in [-0.39, 0.29) is 11.7 Å². The molecule has 0 spiro atoms. The normalized spacial score (nSPS) is 17.6. The lowest BCUT2D eigenvalue weighted by Crippen LogP contribution is -2.32. The first kappa shape index (κ1) is 10.1. The first-order valence-electron chi connectivity index (χ1n) is 5.23. The summed E-state index contributed by atoms with van der Waals surface area (Å²) in [7, 11) is 0. The lowest BCUT2D eigenvalue weighted by molar-refractivity contribution is 0.0896. The zero-order valence-electron chi connectivity index (χ0n) is 8.57. The fourth-order valence-corrected chi connectivity index (χ4v) is 1.94. The van der Waals surface area contributed by atoms with Crippen LogP contribution in [0.1, 0.15) is 23.2 Å². The predicted molar refractivity (Wildman–Crippen MR) is 58.6 cm³/mol. The van der Waals surface area contributed by atoms with Crippen LogP contribution in [-0.2, 0) is 0 Å². The van der Waals surface area contributed by atoms with Crippen molar-refractivity contribution in [1.82, 2.24) is 10.3 Å². The SMILES string of the molecule is Nc1cnccc1C(=O)C1CCNCC1. The average molecular weight is 205 g/mol. The van der Waals surface area contributed by atoms with Gasteiger partial charge in [0.15, 0.2) is 5.78 Å². The molecule has 1 saturated heterocycles. The molecule has 1 aromatic heterocycles. The smallest absolute Gasteiger partial charge is 0.168 e. The monoisotopic (exact) mass is 205 g/mol. The van der Waals surface area contributed by atoms with Gasteiger partial charge in [-0.05, 0) is 32.0 Å². The molecule has 0 aromatic carbocycles. The molecule has 0 amide bonds. The summed E-state index contributed by atoms with van der Waals surface area (Å²) in [6.45, 7) is 1.84. The number of nitrogens with one attached hydrogen (secondary N) is 1. The molecule has 1 aliphatic rings. The molecule has 80 valence electrons. The number of carbonyl (C=O) groups is 1. The van der Waals surface area contributed by atoms with Crippen LogP contribution in [0.5, 0.6) is 0 Å². The number of Topliss-reactive ketones (excluding diaryl/α,β-unsaturated/α-hetero) is 1. The van der Waals surface area contributed by atoms with E-state index in [4.69, 9.17) is 5.73 Å². The van der Waals surface area contributed by atoms with Gasteiger partial charge in [-0.25, -0.2) is 0 Å². The highest BCUT2D eigenvalue weighted by Gasteiger charge is 2.23. The summed E-state index contributed by atoms with van der Waals surface area (Å²) in [6, 6.07) is 1.71. The second kappa shape index (κ2) is 4.40. The van der Waals surface area contributed by atoms with Crippen molar-refractivity contribution in [2.75, 3.05) is 18.8 Å². The van der Waals surface area contributed by atoms with Crippen LogP contribution in [-0.4, -0.2) is 23.9 Å². The predicted octanol–water partition coefficient (Wildman–Crippen LogP) is 0.846. The molecule has 0 atom stereocenters. The number of hydrogen-bond donors (Lipinski definition) is 2. The molecule has 15 heavy (non-hydrogen) atoms. The third-order valence-electron chi connectivity index (χ3n) is 2.83. The maximum absolute atomic E-state index is 12.1. The maximum atomic E-state index is 12.1. The van der Waals surface area contributed by atoms with Gasteiger partial charge in [0.25, 0.3) is 0 Å². The van der Waals surface area contributed by atoms with E-state index >= 15 is 0 Å². The van der Waals surface area contributed by atoms with Crippen molar-refractivity contribution in [2.24, 2.45) is 5.92 Å². The summed E-state index contributed by atoms with van der Waals surface area (Å²) in [4.78, 5) is 16.0. The number of nitrogens with zero attached hydrogens (tertiary/aromatic N) is 1. The number of anilines is 1. The molecule has 3 N–H and O–H groups in total. The number of piperidine rings is 1. The largest absolute Gasteiger partial charge is 0.397 e. The Balaban J connectivity index is 2.16. The first-order valence-corrected chi connectivity index (χ1v) is 5.23. The number of pyridine rings is 1. The number of ketones is 1. The third kappa shape index (κ3) is 2.15. The number of nitrogens with two attached hydrogens (primary N) is 1. The number of hydrogen-bond acceptors (Lipinski definition) is 4. The molecule has 1 aromatic rings. The molecule has 0 aliphatic carbocycles. The van der Waals surface area contributed by atoms with Crippen molar-refractivity contribution >= 4 is 11.5 Å². The van der Waals surface area contributed by atoms with Crippen molar-refractivity contribution in [2.45, 2.75) is 12.8 Å². The molecule has 0 radical (unpaired) electrons. The fourth-order valence-electron chi connectivity index (χ4n) is 1.94. The summed E-state index contributed by atoms with van der Waals surface area (Å²) >= 11 is 0. The van der Waals surface area contributed by atoms with E-state index in [2.05, 4.69) is 10.3 Å². The number of aromatic nitrogens is 1. The highest BCUT2D eigenvalue weighted by Crippen LogP contribution is 2.20. The molecular formula is C11H15N3O. The highest BCUT2D eigenvalue weighted by molar-refractivity contribution is 6.02. The topological polar surface area (TPSA) is 68.0 Å². The molecule has 1 fully saturated rings. The highest BCUT2D eigenvalue weighted by atomic mass is 16.1. The third-order valence-corrected chi connectivity index (χ3v) is 2.83. The maximum Gasteiger partial charge on any atom is 0.168 e. The van der Waals surface area contributed by atoms with Gasteiger partial charge in [-0.15, -0.1) is 0 Å². The molecule has 0 bridgehead atoms. The first-order chi connectivity index (χ1) is 7.29. The van der Waals surface area contributed by atoms with Gasteiger partial charge in [-0.2, -0.15) is 0 Å². The van der Waals surface area contributed by atoms with E-state index in [9.17, 15) is 4.79 Å². The van der Waals surface area contributed by atoms with Crippen LogP contribution >= 0.6 is 0 Å². The van der Waals surface area contributed by atoms with Crippen LogP contribution in [0.15, 0.2) is 18.5 Å². The van der Waals surface area contributed by atoms with Crippen molar-refractivity contribution in [3.8, 4) is 0 Å². The van der Waals surface area contributed by atoms with E-state index in [1.807, 2.05) is 0 Å². The summed E-state index contributed by atoms with van der Waals surface area (Å²) < 4.78 is 0. The summed E-state index contributed by atoms with van der Waals surface area (Å²) in [5.41, 5.74) is 6.84. The van der Waals surface area contributed by atoms with Gasteiger partial charge in [-0.1, -0.05) is 0 Å². The van der Waals surface area contributed by atoms with Crippen molar-refractivity contribution < 1.29 is 4.79 Å². The zero-order valence-corrected chi connectivity index (χ0v) is 8.57. The van der Waals surface area contributed by atoms with Gasteiger partial charge in [0.2, 0.25) is 0 Å². The van der Waals surface area contributed by atoms with Crippen LogP contribution in [0, 0.1) is 5.92 Å². The van der Waals surface area contributed by atoms with Crippen LogP contribution in [0.25, 0.3) is 0 Å². The molecule has 2 rings (SSSR count). The second-order valence-electron chi connectivity index (χ2n) is 3.85. The lowest BCUT2D eigenvalue weighted by Gasteiger charge is -2.21. The number of carbonyl (C=O) groups excluding carboxylic acids is 1. The Labute approximate surface area is 88.9 Å². The van der Waals surface area contributed by atoms with Gasteiger partial charge in [0.1, 0.15) is 0 Å². The molecule has 4 nitrogen and oxygen atoms in total. The summed E-state index contributed by atoms with van der Waals surface area (Å²) in [5, 5.41) is 3.24. The van der Waals surface area contributed by atoms with Crippen LogP contribution in [0.3, 0.4) is 0 Å². The summed E-state index contributed by atoms with van der Waals surface area (Å²) in [6.07, 6.45) is 4.96. The Bertz CT molecular complexity index is 359. The van der Waals surface area contributed by atoms with Gasteiger partial charge in [0, 0.05) is 17.7 Å². The van der Waals surface area contributed by atoms with Gasteiger partial charge < -0.3 is 11.1 Å². The van der Waals surface area contributed by atoms with Crippen molar-refractivity contribution in [1.29, 1.82) is 0 Å². The number of nitrogen functional groups attached to an aromatic ring is 1. The molecule has 4 heteroatoms. The molecule has 1 aliphatic heterocycles. The molecule has 2 heterocycles. The Morgan fingerprint density at radius 2 is 2.20 bits per heavy atom. The average Bonchev–Trinajstić information content (AvgIpc) is 2.30.